The van der Waals surface area contributed by atoms with Crippen LogP contribution in [0.25, 0.3) is 0 Å². The topological polar surface area (TPSA) is 94.3 Å². The van der Waals surface area contributed by atoms with Crippen molar-refractivity contribution in [2.75, 3.05) is 0 Å². The standard InChI is InChI=1S/C19H25NO4/c1-4-9-15(21)19(6-3,16(22)10-5-2)17(23)13-11-7-8-12-14(13)18(20)24/h7-8,11-12H,4-6,9-10H2,1-3H3,(H2,20,24). The van der Waals surface area contributed by atoms with Crippen molar-refractivity contribution in [3.63, 3.8) is 0 Å². The monoisotopic (exact) mass is 331 g/mol. The van der Waals surface area contributed by atoms with Gasteiger partial charge in [0.2, 0.25) is 5.91 Å². The van der Waals surface area contributed by atoms with Crippen LogP contribution >= 0.6 is 0 Å². The van der Waals surface area contributed by atoms with E-state index in [0.29, 0.717) is 12.8 Å². The van der Waals surface area contributed by atoms with Crippen LogP contribution in [0.1, 0.15) is 73.6 Å². The van der Waals surface area contributed by atoms with Crippen LogP contribution in [0, 0.1) is 5.41 Å². The average Bonchev–Trinajstić information content (AvgIpc) is 2.56. The Hall–Kier alpha value is -2.30. The van der Waals surface area contributed by atoms with E-state index in [4.69, 9.17) is 5.73 Å². The summed E-state index contributed by atoms with van der Waals surface area (Å²) in [5.74, 6) is -2.13. The fourth-order valence-electron chi connectivity index (χ4n) is 2.97. The quantitative estimate of drug-likeness (QED) is 0.526. The maximum atomic E-state index is 13.2. The van der Waals surface area contributed by atoms with Crippen molar-refractivity contribution in [2.24, 2.45) is 11.1 Å². The molecule has 1 aromatic carbocycles. The Morgan fingerprint density at radius 2 is 1.33 bits per heavy atom. The van der Waals surface area contributed by atoms with Crippen molar-refractivity contribution in [2.45, 2.75) is 52.9 Å². The van der Waals surface area contributed by atoms with E-state index < -0.39 is 17.1 Å². The van der Waals surface area contributed by atoms with Crippen LogP contribution < -0.4 is 5.73 Å². The van der Waals surface area contributed by atoms with Gasteiger partial charge in [0.1, 0.15) is 5.41 Å². The van der Waals surface area contributed by atoms with Gasteiger partial charge < -0.3 is 5.73 Å². The van der Waals surface area contributed by atoms with E-state index in [2.05, 4.69) is 0 Å². The number of hydrogen-bond donors (Lipinski definition) is 1. The molecule has 0 radical (unpaired) electrons. The summed E-state index contributed by atoms with van der Waals surface area (Å²) in [6.07, 6.45) is 1.47. The van der Waals surface area contributed by atoms with Gasteiger partial charge in [-0.25, -0.2) is 0 Å². The largest absolute Gasteiger partial charge is 0.366 e. The predicted molar refractivity (Wildman–Crippen MR) is 91.8 cm³/mol. The molecule has 0 aliphatic heterocycles. The first-order chi connectivity index (χ1) is 11.4. The number of hydrogen-bond acceptors (Lipinski definition) is 4. The van der Waals surface area contributed by atoms with Crippen molar-refractivity contribution in [1.29, 1.82) is 0 Å². The molecule has 0 aliphatic rings. The van der Waals surface area contributed by atoms with Crippen LogP contribution in [0.15, 0.2) is 24.3 Å². The number of nitrogens with two attached hydrogens (primary N) is 1. The van der Waals surface area contributed by atoms with Gasteiger partial charge in [-0.05, 0) is 25.3 Å². The SMILES string of the molecule is CCCC(=O)C(CC)(C(=O)CCC)C(=O)c1ccccc1C(N)=O. The maximum Gasteiger partial charge on any atom is 0.249 e. The summed E-state index contributed by atoms with van der Waals surface area (Å²) in [5.41, 5.74) is 3.70. The molecular formula is C19H25NO4. The van der Waals surface area contributed by atoms with Crippen LogP contribution in [0.5, 0.6) is 0 Å². The second-order valence-electron chi connectivity index (χ2n) is 5.84. The molecule has 2 N–H and O–H groups in total. The average molecular weight is 331 g/mol. The lowest BCUT2D eigenvalue weighted by Gasteiger charge is -2.29. The summed E-state index contributed by atoms with van der Waals surface area (Å²) < 4.78 is 0. The predicted octanol–water partition coefficient (Wildman–Crippen LogP) is 3.10. The van der Waals surface area contributed by atoms with Gasteiger partial charge in [0.05, 0.1) is 0 Å². The Kier molecular flexibility index (Phi) is 7.01. The number of amides is 1. The van der Waals surface area contributed by atoms with E-state index in [-0.39, 0.29) is 42.0 Å². The minimum absolute atomic E-state index is 0.0360. The minimum Gasteiger partial charge on any atom is -0.366 e. The number of rotatable bonds is 10. The summed E-state index contributed by atoms with van der Waals surface area (Å²) in [5, 5.41) is 0. The molecule has 5 heteroatoms. The summed E-state index contributed by atoms with van der Waals surface area (Å²) >= 11 is 0. The molecule has 0 aliphatic carbocycles. The van der Waals surface area contributed by atoms with E-state index in [1.54, 1.807) is 19.1 Å². The number of primary amides is 1. The molecule has 24 heavy (non-hydrogen) atoms. The Bertz CT molecular complexity index is 631. The highest BCUT2D eigenvalue weighted by Gasteiger charge is 2.49. The molecule has 1 amide bonds. The van der Waals surface area contributed by atoms with E-state index in [1.165, 1.54) is 12.1 Å². The highest BCUT2D eigenvalue weighted by Crippen LogP contribution is 2.34. The van der Waals surface area contributed by atoms with Gasteiger partial charge in [0, 0.05) is 24.0 Å². The van der Waals surface area contributed by atoms with Gasteiger partial charge in [-0.3, -0.25) is 19.2 Å². The molecule has 0 aromatic heterocycles. The van der Waals surface area contributed by atoms with Crippen LogP contribution in [0.3, 0.4) is 0 Å². The minimum atomic E-state index is -1.72. The molecule has 0 unspecified atom stereocenters. The smallest absolute Gasteiger partial charge is 0.249 e. The van der Waals surface area contributed by atoms with Gasteiger partial charge in [0.15, 0.2) is 17.3 Å². The molecule has 0 spiro atoms. The van der Waals surface area contributed by atoms with Gasteiger partial charge in [0.25, 0.3) is 0 Å². The molecule has 0 saturated carbocycles. The third-order valence-electron chi connectivity index (χ3n) is 4.26. The summed E-state index contributed by atoms with van der Waals surface area (Å²) in [4.78, 5) is 50.3. The summed E-state index contributed by atoms with van der Waals surface area (Å²) in [7, 11) is 0. The van der Waals surface area contributed by atoms with Gasteiger partial charge in [-0.15, -0.1) is 0 Å². The second kappa shape index (κ2) is 8.52. The lowest BCUT2D eigenvalue weighted by molar-refractivity contribution is -0.137. The fraction of sp³-hybridized carbons (Fsp3) is 0.474. The van der Waals surface area contributed by atoms with Crippen LogP contribution in [0.4, 0.5) is 0 Å². The lowest BCUT2D eigenvalue weighted by atomic mass is 9.68. The molecule has 0 fully saturated rings. The molecule has 1 rings (SSSR count). The summed E-state index contributed by atoms with van der Waals surface area (Å²) in [6, 6.07) is 6.07. The van der Waals surface area contributed by atoms with Crippen molar-refractivity contribution in [3.05, 3.63) is 35.4 Å². The third kappa shape index (κ3) is 3.61. The summed E-state index contributed by atoms with van der Waals surface area (Å²) in [6.45, 7) is 5.31. The maximum absolute atomic E-state index is 13.2. The van der Waals surface area contributed by atoms with E-state index in [9.17, 15) is 19.2 Å². The van der Waals surface area contributed by atoms with Gasteiger partial charge >= 0.3 is 0 Å². The molecule has 0 atom stereocenters. The Balaban J connectivity index is 3.54. The molecule has 0 heterocycles. The van der Waals surface area contributed by atoms with Crippen LogP contribution in [-0.2, 0) is 9.59 Å². The number of ketones is 3. The van der Waals surface area contributed by atoms with E-state index >= 15 is 0 Å². The molecule has 1 aromatic rings. The number of Topliss-reactive ketones (excluding diaryl/α,β-unsaturated/α-hetero) is 3. The number of benzene rings is 1. The van der Waals surface area contributed by atoms with Crippen molar-refractivity contribution < 1.29 is 19.2 Å². The fourth-order valence-corrected chi connectivity index (χ4v) is 2.97. The van der Waals surface area contributed by atoms with Gasteiger partial charge in [-0.2, -0.15) is 0 Å². The normalized spacial score (nSPS) is 11.1. The molecule has 130 valence electrons. The Morgan fingerprint density at radius 3 is 1.71 bits per heavy atom. The number of carbonyl (C=O) groups excluding carboxylic acids is 4. The number of carbonyl (C=O) groups is 4. The van der Waals surface area contributed by atoms with Crippen molar-refractivity contribution in [1.82, 2.24) is 0 Å². The van der Waals surface area contributed by atoms with Crippen LogP contribution in [-0.4, -0.2) is 23.3 Å². The lowest BCUT2D eigenvalue weighted by Crippen LogP contribution is -2.46. The molecular weight excluding hydrogens is 306 g/mol. The molecule has 0 bridgehead atoms. The molecule has 5 nitrogen and oxygen atoms in total. The zero-order valence-electron chi connectivity index (χ0n) is 14.6. The Labute approximate surface area is 142 Å². The first-order valence-electron chi connectivity index (χ1n) is 8.36. The highest BCUT2D eigenvalue weighted by molar-refractivity contribution is 6.30. The van der Waals surface area contributed by atoms with Crippen LogP contribution in [0.2, 0.25) is 0 Å². The third-order valence-corrected chi connectivity index (χ3v) is 4.26. The van der Waals surface area contributed by atoms with Crippen molar-refractivity contribution >= 4 is 23.3 Å². The Morgan fingerprint density at radius 1 is 0.875 bits per heavy atom. The first kappa shape index (κ1) is 19.7. The van der Waals surface area contributed by atoms with Gasteiger partial charge in [-0.1, -0.05) is 39.0 Å². The van der Waals surface area contributed by atoms with E-state index in [0.717, 1.165) is 0 Å². The highest BCUT2D eigenvalue weighted by atomic mass is 16.2. The molecule has 0 saturated heterocycles. The van der Waals surface area contributed by atoms with E-state index in [1.807, 2.05) is 13.8 Å². The zero-order chi connectivity index (χ0) is 18.3. The first-order valence-corrected chi connectivity index (χ1v) is 8.36. The zero-order valence-corrected chi connectivity index (χ0v) is 14.6. The second-order valence-corrected chi connectivity index (χ2v) is 5.84. The van der Waals surface area contributed by atoms with Crippen molar-refractivity contribution in [3.8, 4) is 0 Å².